The first kappa shape index (κ1) is 10.7. The lowest BCUT2D eigenvalue weighted by molar-refractivity contribution is -0.126. The van der Waals surface area contributed by atoms with Crippen LogP contribution >= 0.6 is 0 Å². The summed E-state index contributed by atoms with van der Waals surface area (Å²) in [6.45, 7) is 1.51. The average molecular weight is 194 g/mol. The van der Waals surface area contributed by atoms with E-state index in [4.69, 9.17) is 9.47 Å². The van der Waals surface area contributed by atoms with Gasteiger partial charge < -0.3 is 9.47 Å². The molecule has 3 nitrogen and oxygen atoms in total. The topological polar surface area (TPSA) is 35.5 Å². The highest BCUT2D eigenvalue weighted by Crippen LogP contribution is 2.21. The molecule has 1 aromatic carbocycles. The molecule has 1 rings (SSSR count). The maximum absolute atomic E-state index is 11.2. The molecule has 0 saturated heterocycles. The molecule has 0 aromatic heterocycles. The summed E-state index contributed by atoms with van der Waals surface area (Å²) in [5.74, 6) is 0.714. The van der Waals surface area contributed by atoms with Crippen LogP contribution in [0.1, 0.15) is 18.6 Å². The number of benzene rings is 1. The zero-order valence-corrected chi connectivity index (χ0v) is 8.61. The van der Waals surface area contributed by atoms with Crippen molar-refractivity contribution in [3.63, 3.8) is 0 Å². The van der Waals surface area contributed by atoms with E-state index < -0.39 is 6.10 Å². The van der Waals surface area contributed by atoms with Gasteiger partial charge in [-0.3, -0.25) is 4.79 Å². The minimum absolute atomic E-state index is 0.0132. The van der Waals surface area contributed by atoms with Crippen LogP contribution in [0.4, 0.5) is 0 Å². The molecule has 0 heterocycles. The molecule has 0 saturated carbocycles. The number of ketones is 1. The molecule has 3 heteroatoms. The van der Waals surface area contributed by atoms with E-state index in [9.17, 15) is 4.79 Å². The minimum atomic E-state index is -0.495. The Balaban J connectivity index is 2.98. The highest BCUT2D eigenvalue weighted by Gasteiger charge is 2.15. The minimum Gasteiger partial charge on any atom is -0.497 e. The smallest absolute Gasteiger partial charge is 0.163 e. The standard InChI is InChI=1S/C11H14O3/c1-8(12)11(14-3)9-5-4-6-10(7-9)13-2/h4-7,11H,1-3H3. The van der Waals surface area contributed by atoms with E-state index in [0.717, 1.165) is 11.3 Å². The van der Waals surface area contributed by atoms with Gasteiger partial charge in [-0.15, -0.1) is 0 Å². The molecule has 0 spiro atoms. The van der Waals surface area contributed by atoms with Crippen molar-refractivity contribution in [3.8, 4) is 5.75 Å². The van der Waals surface area contributed by atoms with Gasteiger partial charge in [-0.25, -0.2) is 0 Å². The molecule has 14 heavy (non-hydrogen) atoms. The molecule has 0 fully saturated rings. The van der Waals surface area contributed by atoms with Gasteiger partial charge in [-0.05, 0) is 24.6 Å². The maximum atomic E-state index is 11.2. The van der Waals surface area contributed by atoms with Gasteiger partial charge in [0.05, 0.1) is 7.11 Å². The van der Waals surface area contributed by atoms with E-state index in [1.165, 1.54) is 14.0 Å². The summed E-state index contributed by atoms with van der Waals surface area (Å²) in [5, 5.41) is 0. The molecule has 0 bridgehead atoms. The van der Waals surface area contributed by atoms with Crippen LogP contribution in [0.5, 0.6) is 5.75 Å². The second-order valence-corrected chi connectivity index (χ2v) is 3.00. The van der Waals surface area contributed by atoms with Gasteiger partial charge in [0.2, 0.25) is 0 Å². The molecule has 1 unspecified atom stereocenters. The van der Waals surface area contributed by atoms with Crippen molar-refractivity contribution in [3.05, 3.63) is 29.8 Å². The fourth-order valence-corrected chi connectivity index (χ4v) is 1.34. The predicted octanol–water partition coefficient (Wildman–Crippen LogP) is 1.97. The molecule has 0 aliphatic heterocycles. The first-order chi connectivity index (χ1) is 6.69. The number of ether oxygens (including phenoxy) is 2. The molecule has 0 radical (unpaired) electrons. The zero-order valence-electron chi connectivity index (χ0n) is 8.61. The number of Topliss-reactive ketones (excluding diaryl/α,β-unsaturated/α-hetero) is 1. The van der Waals surface area contributed by atoms with Crippen molar-refractivity contribution in [1.29, 1.82) is 0 Å². The molecular weight excluding hydrogens is 180 g/mol. The molecule has 76 valence electrons. The molecular formula is C11H14O3. The third-order valence-corrected chi connectivity index (χ3v) is 2.00. The number of hydrogen-bond acceptors (Lipinski definition) is 3. The van der Waals surface area contributed by atoms with Gasteiger partial charge in [0.15, 0.2) is 5.78 Å². The molecule has 1 atom stereocenters. The number of methoxy groups -OCH3 is 2. The summed E-state index contributed by atoms with van der Waals surface area (Å²) in [5.41, 5.74) is 0.819. The average Bonchev–Trinajstić information content (AvgIpc) is 2.19. The maximum Gasteiger partial charge on any atom is 0.163 e. The molecule has 1 aromatic rings. The van der Waals surface area contributed by atoms with Crippen LogP contribution in [0, 0.1) is 0 Å². The molecule has 0 aliphatic carbocycles. The Hall–Kier alpha value is -1.35. The Bertz CT molecular complexity index is 320. The van der Waals surface area contributed by atoms with Gasteiger partial charge in [0.25, 0.3) is 0 Å². The molecule has 0 amide bonds. The number of carbonyl (C=O) groups excluding carboxylic acids is 1. The quantitative estimate of drug-likeness (QED) is 0.735. The first-order valence-electron chi connectivity index (χ1n) is 4.36. The lowest BCUT2D eigenvalue weighted by Gasteiger charge is -2.12. The Morgan fingerprint density at radius 1 is 1.36 bits per heavy atom. The number of carbonyl (C=O) groups is 1. The molecule has 0 aliphatic rings. The van der Waals surface area contributed by atoms with Gasteiger partial charge in [0, 0.05) is 7.11 Å². The summed E-state index contributed by atoms with van der Waals surface area (Å²) in [4.78, 5) is 11.2. The Labute approximate surface area is 83.6 Å². The zero-order chi connectivity index (χ0) is 10.6. The van der Waals surface area contributed by atoms with Crippen molar-refractivity contribution in [2.24, 2.45) is 0 Å². The van der Waals surface area contributed by atoms with E-state index in [2.05, 4.69) is 0 Å². The number of rotatable bonds is 4. The summed E-state index contributed by atoms with van der Waals surface area (Å²) < 4.78 is 10.2. The van der Waals surface area contributed by atoms with Crippen molar-refractivity contribution in [2.75, 3.05) is 14.2 Å². The monoisotopic (exact) mass is 194 g/mol. The number of hydrogen-bond donors (Lipinski definition) is 0. The van der Waals surface area contributed by atoms with Crippen LogP contribution in [-0.2, 0) is 9.53 Å². The molecule has 0 N–H and O–H groups in total. The lowest BCUT2D eigenvalue weighted by atomic mass is 10.1. The van der Waals surface area contributed by atoms with Crippen LogP contribution < -0.4 is 4.74 Å². The fraction of sp³-hybridized carbons (Fsp3) is 0.364. The first-order valence-corrected chi connectivity index (χ1v) is 4.36. The van der Waals surface area contributed by atoms with E-state index in [1.54, 1.807) is 13.2 Å². The lowest BCUT2D eigenvalue weighted by Crippen LogP contribution is -2.10. The third kappa shape index (κ3) is 2.33. The van der Waals surface area contributed by atoms with Crippen molar-refractivity contribution in [2.45, 2.75) is 13.0 Å². The van der Waals surface area contributed by atoms with Crippen molar-refractivity contribution < 1.29 is 14.3 Å². The van der Waals surface area contributed by atoms with Gasteiger partial charge in [0.1, 0.15) is 11.9 Å². The van der Waals surface area contributed by atoms with Crippen molar-refractivity contribution in [1.82, 2.24) is 0 Å². The fourth-order valence-electron chi connectivity index (χ4n) is 1.34. The summed E-state index contributed by atoms with van der Waals surface area (Å²) >= 11 is 0. The summed E-state index contributed by atoms with van der Waals surface area (Å²) in [7, 11) is 3.11. The van der Waals surface area contributed by atoms with Crippen LogP contribution in [0.2, 0.25) is 0 Å². The third-order valence-electron chi connectivity index (χ3n) is 2.00. The van der Waals surface area contributed by atoms with Gasteiger partial charge in [-0.1, -0.05) is 12.1 Å². The largest absolute Gasteiger partial charge is 0.497 e. The van der Waals surface area contributed by atoms with Crippen molar-refractivity contribution >= 4 is 5.78 Å². The van der Waals surface area contributed by atoms with Crippen LogP contribution in [0.25, 0.3) is 0 Å². The van der Waals surface area contributed by atoms with Gasteiger partial charge in [-0.2, -0.15) is 0 Å². The van der Waals surface area contributed by atoms with E-state index >= 15 is 0 Å². The second-order valence-electron chi connectivity index (χ2n) is 3.00. The Kier molecular flexibility index (Phi) is 3.65. The van der Waals surface area contributed by atoms with E-state index in [-0.39, 0.29) is 5.78 Å². The van der Waals surface area contributed by atoms with Gasteiger partial charge >= 0.3 is 0 Å². The SMILES string of the molecule is COc1cccc(C(OC)C(C)=O)c1. The highest BCUT2D eigenvalue weighted by atomic mass is 16.5. The normalized spacial score (nSPS) is 12.2. The van der Waals surface area contributed by atoms with E-state index in [0.29, 0.717) is 0 Å². The second kappa shape index (κ2) is 4.77. The predicted molar refractivity (Wildman–Crippen MR) is 53.4 cm³/mol. The highest BCUT2D eigenvalue weighted by molar-refractivity contribution is 5.82. The Morgan fingerprint density at radius 2 is 2.07 bits per heavy atom. The van der Waals surface area contributed by atoms with E-state index in [1.807, 2.05) is 18.2 Å². The summed E-state index contributed by atoms with van der Waals surface area (Å²) in [6, 6.07) is 7.31. The van der Waals surface area contributed by atoms with Crippen LogP contribution in [-0.4, -0.2) is 20.0 Å². The van der Waals surface area contributed by atoms with Crippen LogP contribution in [0.15, 0.2) is 24.3 Å². The Morgan fingerprint density at radius 3 is 2.57 bits per heavy atom. The summed E-state index contributed by atoms with van der Waals surface area (Å²) in [6.07, 6.45) is -0.495. The van der Waals surface area contributed by atoms with Crippen LogP contribution in [0.3, 0.4) is 0 Å².